The van der Waals surface area contributed by atoms with Crippen LogP contribution in [0.15, 0.2) is 24.3 Å². The van der Waals surface area contributed by atoms with E-state index in [1.807, 2.05) is 6.07 Å². The van der Waals surface area contributed by atoms with Gasteiger partial charge in [-0.25, -0.2) is 4.39 Å². The molecule has 2 N–H and O–H groups in total. The predicted molar refractivity (Wildman–Crippen MR) is 65.5 cm³/mol. The molecule has 15 heavy (non-hydrogen) atoms. The Bertz CT molecular complexity index is 301. The maximum Gasteiger partial charge on any atom is 0.128 e. The molecule has 1 aromatic carbocycles. The van der Waals surface area contributed by atoms with Gasteiger partial charge in [0.1, 0.15) is 5.82 Å². The predicted octanol–water partition coefficient (Wildman–Crippen LogP) is 3.21. The Hall–Kier alpha value is -0.540. The van der Waals surface area contributed by atoms with Gasteiger partial charge in [-0.15, -0.1) is 0 Å². The molecule has 0 bridgehead atoms. The summed E-state index contributed by atoms with van der Waals surface area (Å²) in [6.45, 7) is 4.34. The van der Waals surface area contributed by atoms with E-state index in [4.69, 9.17) is 5.73 Å². The molecule has 0 aliphatic heterocycles. The monoisotopic (exact) mass is 227 g/mol. The Morgan fingerprint density at radius 1 is 1.27 bits per heavy atom. The van der Waals surface area contributed by atoms with E-state index in [0.717, 1.165) is 11.5 Å². The van der Waals surface area contributed by atoms with Crippen LogP contribution in [0.3, 0.4) is 0 Å². The third-order valence-electron chi connectivity index (χ3n) is 2.05. The summed E-state index contributed by atoms with van der Waals surface area (Å²) in [6.07, 6.45) is 0. The molecule has 3 heteroatoms. The van der Waals surface area contributed by atoms with Crippen LogP contribution in [0.1, 0.15) is 25.5 Å². The number of benzene rings is 1. The van der Waals surface area contributed by atoms with Crippen molar-refractivity contribution in [2.24, 2.45) is 11.7 Å². The van der Waals surface area contributed by atoms with E-state index in [1.165, 1.54) is 6.07 Å². The van der Waals surface area contributed by atoms with Gasteiger partial charge in [-0.1, -0.05) is 32.0 Å². The summed E-state index contributed by atoms with van der Waals surface area (Å²) in [4.78, 5) is 0. The third kappa shape index (κ3) is 4.22. The number of halogens is 1. The molecule has 0 spiro atoms. The third-order valence-corrected chi connectivity index (χ3v) is 3.55. The van der Waals surface area contributed by atoms with Crippen molar-refractivity contribution in [2.75, 3.05) is 11.5 Å². The molecule has 0 saturated carbocycles. The molecular formula is C12H18FNS. The molecule has 1 unspecified atom stereocenters. The number of nitrogens with two attached hydrogens (primary N) is 1. The molecule has 0 radical (unpaired) electrons. The van der Waals surface area contributed by atoms with Gasteiger partial charge < -0.3 is 5.73 Å². The minimum Gasteiger partial charge on any atom is -0.323 e. The van der Waals surface area contributed by atoms with Gasteiger partial charge in [-0.05, 0) is 17.7 Å². The van der Waals surface area contributed by atoms with Crippen molar-refractivity contribution in [1.82, 2.24) is 0 Å². The molecule has 1 nitrogen and oxygen atoms in total. The topological polar surface area (TPSA) is 26.0 Å². The first-order valence-corrected chi connectivity index (χ1v) is 6.34. The zero-order valence-corrected chi connectivity index (χ0v) is 10.1. The van der Waals surface area contributed by atoms with Crippen LogP contribution in [-0.2, 0) is 0 Å². The Balaban J connectivity index is 2.47. The molecule has 1 rings (SSSR count). The fourth-order valence-electron chi connectivity index (χ4n) is 1.30. The van der Waals surface area contributed by atoms with Gasteiger partial charge in [0.25, 0.3) is 0 Å². The zero-order chi connectivity index (χ0) is 11.3. The number of hydrogen-bond donors (Lipinski definition) is 1. The molecule has 0 fully saturated rings. The van der Waals surface area contributed by atoms with Crippen molar-refractivity contribution in [2.45, 2.75) is 19.9 Å². The summed E-state index contributed by atoms with van der Waals surface area (Å²) in [7, 11) is 0. The first-order valence-electron chi connectivity index (χ1n) is 5.19. The van der Waals surface area contributed by atoms with Crippen LogP contribution in [0.25, 0.3) is 0 Å². The number of thioether (sulfide) groups is 1. The smallest absolute Gasteiger partial charge is 0.128 e. The van der Waals surface area contributed by atoms with Gasteiger partial charge in [0, 0.05) is 17.4 Å². The van der Waals surface area contributed by atoms with E-state index in [2.05, 4.69) is 13.8 Å². The van der Waals surface area contributed by atoms with Crippen LogP contribution in [-0.4, -0.2) is 11.5 Å². The first-order chi connectivity index (χ1) is 7.11. The van der Waals surface area contributed by atoms with E-state index >= 15 is 0 Å². The van der Waals surface area contributed by atoms with Crippen LogP contribution in [0.4, 0.5) is 4.39 Å². The highest BCUT2D eigenvalue weighted by Crippen LogP contribution is 2.19. The van der Waals surface area contributed by atoms with Gasteiger partial charge in [0.2, 0.25) is 0 Å². The summed E-state index contributed by atoms with van der Waals surface area (Å²) in [5, 5.41) is 0. The zero-order valence-electron chi connectivity index (χ0n) is 9.24. The molecule has 1 aromatic rings. The molecule has 0 saturated heterocycles. The quantitative estimate of drug-likeness (QED) is 0.836. The van der Waals surface area contributed by atoms with Crippen molar-refractivity contribution in [3.05, 3.63) is 35.6 Å². The highest BCUT2D eigenvalue weighted by Gasteiger charge is 2.10. The Kier molecular flexibility index (Phi) is 5.12. The summed E-state index contributed by atoms with van der Waals surface area (Å²) < 4.78 is 13.3. The second-order valence-corrected chi connectivity index (χ2v) is 5.13. The van der Waals surface area contributed by atoms with Crippen molar-refractivity contribution < 1.29 is 4.39 Å². The highest BCUT2D eigenvalue weighted by atomic mass is 32.2. The lowest BCUT2D eigenvalue weighted by molar-refractivity contribution is 0.595. The highest BCUT2D eigenvalue weighted by molar-refractivity contribution is 7.99. The van der Waals surface area contributed by atoms with Crippen LogP contribution >= 0.6 is 11.8 Å². The van der Waals surface area contributed by atoms with Gasteiger partial charge in [0.05, 0.1) is 0 Å². The van der Waals surface area contributed by atoms with Crippen LogP contribution in [0, 0.1) is 11.7 Å². The first kappa shape index (κ1) is 12.5. The molecule has 1 atom stereocenters. The molecule has 0 heterocycles. The summed E-state index contributed by atoms with van der Waals surface area (Å²) in [6, 6.07) is 6.53. The minimum atomic E-state index is -0.199. The van der Waals surface area contributed by atoms with E-state index in [9.17, 15) is 4.39 Å². The largest absolute Gasteiger partial charge is 0.323 e. The molecule has 84 valence electrons. The average Bonchev–Trinajstić information content (AvgIpc) is 2.17. The van der Waals surface area contributed by atoms with Crippen LogP contribution in [0.5, 0.6) is 0 Å². The Labute approximate surface area is 95.2 Å². The Morgan fingerprint density at radius 2 is 1.93 bits per heavy atom. The second kappa shape index (κ2) is 6.13. The molecule has 0 aliphatic carbocycles. The molecule has 0 amide bonds. The lowest BCUT2D eigenvalue weighted by atomic mass is 10.1. The maximum atomic E-state index is 13.3. The lowest BCUT2D eigenvalue weighted by Gasteiger charge is -2.13. The van der Waals surface area contributed by atoms with Crippen LogP contribution < -0.4 is 5.73 Å². The maximum absolute atomic E-state index is 13.3. The summed E-state index contributed by atoms with van der Waals surface area (Å²) in [5.74, 6) is 2.30. The second-order valence-electron chi connectivity index (χ2n) is 4.06. The normalized spacial score (nSPS) is 13.1. The summed E-state index contributed by atoms with van der Waals surface area (Å²) >= 11 is 1.78. The van der Waals surface area contributed by atoms with E-state index < -0.39 is 0 Å². The summed E-state index contributed by atoms with van der Waals surface area (Å²) in [5.41, 5.74) is 6.54. The van der Waals surface area contributed by atoms with Gasteiger partial charge in [-0.2, -0.15) is 11.8 Å². The van der Waals surface area contributed by atoms with E-state index in [-0.39, 0.29) is 11.9 Å². The van der Waals surface area contributed by atoms with Crippen molar-refractivity contribution in [3.8, 4) is 0 Å². The lowest BCUT2D eigenvalue weighted by Crippen LogP contribution is -2.15. The fourth-order valence-corrected chi connectivity index (χ4v) is 2.34. The fraction of sp³-hybridized carbons (Fsp3) is 0.500. The molecule has 0 aromatic heterocycles. The van der Waals surface area contributed by atoms with Crippen molar-refractivity contribution >= 4 is 11.8 Å². The van der Waals surface area contributed by atoms with Crippen LogP contribution in [0.2, 0.25) is 0 Å². The van der Waals surface area contributed by atoms with Gasteiger partial charge >= 0.3 is 0 Å². The molecule has 0 aliphatic rings. The average molecular weight is 227 g/mol. The number of rotatable bonds is 5. The van der Waals surface area contributed by atoms with Gasteiger partial charge in [0.15, 0.2) is 0 Å². The van der Waals surface area contributed by atoms with Crippen molar-refractivity contribution in [3.63, 3.8) is 0 Å². The van der Waals surface area contributed by atoms with Crippen molar-refractivity contribution in [1.29, 1.82) is 0 Å². The Morgan fingerprint density at radius 3 is 2.53 bits per heavy atom. The standard InChI is InChI=1S/C12H18FNS/c1-9(2)7-15-8-12(14)10-5-3-4-6-11(10)13/h3-6,9,12H,7-8,14H2,1-2H3. The van der Waals surface area contributed by atoms with Gasteiger partial charge in [-0.3, -0.25) is 0 Å². The molecular weight excluding hydrogens is 209 g/mol. The SMILES string of the molecule is CC(C)CSCC(N)c1ccccc1F. The minimum absolute atomic E-state index is 0.199. The van der Waals surface area contributed by atoms with E-state index in [1.54, 1.807) is 23.9 Å². The van der Waals surface area contributed by atoms with E-state index in [0.29, 0.717) is 11.5 Å². The number of hydrogen-bond acceptors (Lipinski definition) is 2.